The van der Waals surface area contributed by atoms with Crippen LogP contribution in [0.5, 0.6) is 0 Å². The van der Waals surface area contributed by atoms with E-state index in [4.69, 9.17) is 15.9 Å². The molecule has 0 fully saturated rings. The number of hydrogen-bond donors (Lipinski definition) is 7. The summed E-state index contributed by atoms with van der Waals surface area (Å²) in [5.41, 5.74) is 5.52. The minimum Gasteiger partial charge on any atom is -0.480 e. The van der Waals surface area contributed by atoms with E-state index >= 15 is 0 Å². The number of nitrogens with one attached hydrogen (secondary N) is 3. The van der Waals surface area contributed by atoms with Crippen molar-refractivity contribution < 1.29 is 34.5 Å². The summed E-state index contributed by atoms with van der Waals surface area (Å²) in [5, 5.41) is 33.6. The first kappa shape index (κ1) is 24.1. The van der Waals surface area contributed by atoms with Crippen LogP contribution in [0.15, 0.2) is 0 Å². The van der Waals surface area contributed by atoms with E-state index in [2.05, 4.69) is 10.6 Å². The number of carboxylic acids is 1. The van der Waals surface area contributed by atoms with Crippen molar-refractivity contribution >= 4 is 35.5 Å². The Morgan fingerprint density at radius 3 is 2.19 bits per heavy atom. The van der Waals surface area contributed by atoms with E-state index in [-0.39, 0.29) is 6.42 Å². The lowest BCUT2D eigenvalue weighted by atomic mass is 10.1. The molecule has 0 saturated heterocycles. The molecule has 0 aromatic rings. The van der Waals surface area contributed by atoms with Gasteiger partial charge < -0.3 is 37.0 Å². The van der Waals surface area contributed by atoms with Gasteiger partial charge in [0.2, 0.25) is 17.7 Å². The Balaban J connectivity index is 4.70. The zero-order chi connectivity index (χ0) is 20.3. The maximum atomic E-state index is 12.2. The third kappa shape index (κ3) is 8.99. The number of carbonyl (C=O) groups excluding carboxylic acids is 3. The van der Waals surface area contributed by atoms with E-state index in [1.165, 1.54) is 18.7 Å². The number of hydrogen-bond acceptors (Lipinski definition) is 8. The van der Waals surface area contributed by atoms with E-state index in [1.54, 1.807) is 0 Å². The van der Waals surface area contributed by atoms with Crippen LogP contribution in [0.4, 0.5) is 0 Å². The van der Waals surface area contributed by atoms with Gasteiger partial charge in [-0.15, -0.1) is 0 Å². The minimum absolute atomic E-state index is 0.265. The smallest absolute Gasteiger partial charge is 0.328 e. The first-order valence-corrected chi connectivity index (χ1v) is 9.17. The zero-order valence-electron chi connectivity index (χ0n) is 14.6. The van der Waals surface area contributed by atoms with Crippen molar-refractivity contribution in [3.05, 3.63) is 0 Å². The topological polar surface area (TPSA) is 191 Å². The molecule has 0 spiro atoms. The number of aliphatic hydroxyl groups excluding tert-OH is 2. The van der Waals surface area contributed by atoms with Crippen LogP contribution in [0, 0.1) is 0 Å². The maximum absolute atomic E-state index is 12.2. The first-order valence-electron chi connectivity index (χ1n) is 7.77. The molecular weight excluding hydrogens is 368 g/mol. The predicted molar refractivity (Wildman–Crippen MR) is 94.2 cm³/mol. The van der Waals surface area contributed by atoms with Crippen molar-refractivity contribution in [1.29, 1.82) is 0 Å². The third-order valence-corrected chi connectivity index (χ3v) is 3.95. The van der Waals surface area contributed by atoms with Crippen LogP contribution in [0.2, 0.25) is 0 Å². The lowest BCUT2D eigenvalue weighted by Gasteiger charge is -2.21. The molecule has 3 amide bonds. The molecule has 0 aliphatic carbocycles. The van der Waals surface area contributed by atoms with Gasteiger partial charge in [-0.3, -0.25) is 14.4 Å². The van der Waals surface area contributed by atoms with Crippen LogP contribution in [-0.4, -0.2) is 88.4 Å². The maximum Gasteiger partial charge on any atom is 0.328 e. The zero-order valence-corrected chi connectivity index (χ0v) is 15.4. The number of thioether (sulfide) groups is 1. The van der Waals surface area contributed by atoms with Gasteiger partial charge in [-0.25, -0.2) is 4.79 Å². The van der Waals surface area contributed by atoms with Crippen molar-refractivity contribution in [2.24, 2.45) is 5.73 Å². The molecule has 0 radical (unpaired) electrons. The Hall–Kier alpha value is -1.89. The van der Waals surface area contributed by atoms with Crippen LogP contribution in [0.25, 0.3) is 0 Å². The highest BCUT2D eigenvalue weighted by molar-refractivity contribution is 7.98. The number of aliphatic carboxylic acids is 1. The molecule has 12 heteroatoms. The second-order valence-corrected chi connectivity index (χ2v) is 6.45. The van der Waals surface area contributed by atoms with Gasteiger partial charge in [-0.05, 0) is 25.4 Å². The molecule has 11 nitrogen and oxygen atoms in total. The quantitative estimate of drug-likeness (QED) is 0.177. The first-order chi connectivity index (χ1) is 12.1. The highest BCUT2D eigenvalue weighted by Gasteiger charge is 2.26. The molecule has 0 rings (SSSR count). The fourth-order valence-corrected chi connectivity index (χ4v) is 2.18. The van der Waals surface area contributed by atoms with Gasteiger partial charge in [0.15, 0.2) is 0 Å². The van der Waals surface area contributed by atoms with Crippen molar-refractivity contribution in [2.45, 2.75) is 37.6 Å². The van der Waals surface area contributed by atoms with Crippen molar-refractivity contribution in [2.75, 3.05) is 25.2 Å². The summed E-state index contributed by atoms with van der Waals surface area (Å²) in [7, 11) is 0. The molecule has 0 bridgehead atoms. The van der Waals surface area contributed by atoms with Gasteiger partial charge in [-0.2, -0.15) is 11.8 Å². The Labute approximate surface area is 155 Å². The van der Waals surface area contributed by atoms with Gasteiger partial charge in [0, 0.05) is 0 Å². The Kier molecular flexibility index (Phi) is 11.6. The van der Waals surface area contributed by atoms with Crippen LogP contribution in [0.1, 0.15) is 13.3 Å². The number of nitrogens with two attached hydrogens (primary N) is 1. The lowest BCUT2D eigenvalue weighted by Crippen LogP contribution is -2.55. The molecular formula is C14H26N4O7S. The average molecular weight is 394 g/mol. The van der Waals surface area contributed by atoms with Gasteiger partial charge in [0.1, 0.15) is 18.1 Å². The Morgan fingerprint density at radius 1 is 1.12 bits per heavy atom. The fraction of sp³-hybridized carbons (Fsp3) is 0.714. The summed E-state index contributed by atoms with van der Waals surface area (Å²) < 4.78 is 0. The summed E-state index contributed by atoms with van der Waals surface area (Å²) >= 11 is 1.44. The van der Waals surface area contributed by atoms with Crippen molar-refractivity contribution in [3.63, 3.8) is 0 Å². The highest BCUT2D eigenvalue weighted by Crippen LogP contribution is 2.02. The van der Waals surface area contributed by atoms with Crippen LogP contribution in [-0.2, 0) is 19.2 Å². The Bertz CT molecular complexity index is 504. The summed E-state index contributed by atoms with van der Waals surface area (Å²) in [6.07, 6.45) is 0.977. The highest BCUT2D eigenvalue weighted by atomic mass is 32.2. The van der Waals surface area contributed by atoms with E-state index < -0.39 is 61.1 Å². The van der Waals surface area contributed by atoms with Crippen LogP contribution in [0.3, 0.4) is 0 Å². The second-order valence-electron chi connectivity index (χ2n) is 5.47. The van der Waals surface area contributed by atoms with E-state index in [9.17, 15) is 24.3 Å². The third-order valence-electron chi connectivity index (χ3n) is 3.31. The summed E-state index contributed by atoms with van der Waals surface area (Å²) in [5.74, 6) is -3.05. The molecule has 0 aliphatic rings. The average Bonchev–Trinajstić information content (AvgIpc) is 2.59. The molecule has 4 unspecified atom stereocenters. The summed E-state index contributed by atoms with van der Waals surface area (Å²) in [6.45, 7) is 0.0148. The molecule has 8 N–H and O–H groups in total. The molecule has 0 heterocycles. The molecule has 0 aliphatic heterocycles. The van der Waals surface area contributed by atoms with Crippen molar-refractivity contribution in [3.8, 4) is 0 Å². The number of carbonyl (C=O) groups is 4. The SMILES string of the molecule is CSCCC(NC(=O)C(N)C(C)O)C(=O)NCC(=O)NC(CO)C(=O)O. The minimum atomic E-state index is -1.48. The molecule has 0 aromatic carbocycles. The lowest BCUT2D eigenvalue weighted by molar-refractivity contribution is -0.142. The predicted octanol–water partition coefficient (Wildman–Crippen LogP) is -3.39. The van der Waals surface area contributed by atoms with Crippen LogP contribution < -0.4 is 21.7 Å². The van der Waals surface area contributed by atoms with Gasteiger partial charge in [-0.1, -0.05) is 0 Å². The Morgan fingerprint density at radius 2 is 1.73 bits per heavy atom. The van der Waals surface area contributed by atoms with Crippen molar-refractivity contribution in [1.82, 2.24) is 16.0 Å². The second kappa shape index (κ2) is 12.5. The van der Waals surface area contributed by atoms with Gasteiger partial charge in [0.25, 0.3) is 0 Å². The van der Waals surface area contributed by atoms with E-state index in [0.29, 0.717) is 5.75 Å². The standard InChI is InChI=1S/C14H26N4O7S/c1-7(20)11(15)13(23)18-8(3-4-26-2)12(22)16-5-10(21)17-9(6-19)14(24)25/h7-9,11,19-20H,3-6,15H2,1-2H3,(H,16,22)(H,17,21)(H,18,23)(H,24,25). The largest absolute Gasteiger partial charge is 0.480 e. The van der Waals surface area contributed by atoms with Gasteiger partial charge >= 0.3 is 5.97 Å². The summed E-state index contributed by atoms with van der Waals surface area (Å²) in [4.78, 5) is 46.5. The monoisotopic (exact) mass is 394 g/mol. The molecule has 26 heavy (non-hydrogen) atoms. The van der Waals surface area contributed by atoms with Gasteiger partial charge in [0.05, 0.1) is 19.3 Å². The fourth-order valence-electron chi connectivity index (χ4n) is 1.71. The molecule has 0 aromatic heterocycles. The number of rotatable bonds is 12. The van der Waals surface area contributed by atoms with E-state index in [1.807, 2.05) is 11.6 Å². The normalized spacial score (nSPS) is 15.3. The van der Waals surface area contributed by atoms with Crippen LogP contribution >= 0.6 is 11.8 Å². The number of aliphatic hydroxyl groups is 2. The summed E-state index contributed by atoms with van der Waals surface area (Å²) in [6, 6.07) is -3.65. The molecule has 0 saturated carbocycles. The number of carboxylic acid groups (broad SMARTS) is 1. The molecule has 4 atom stereocenters. The van der Waals surface area contributed by atoms with E-state index in [0.717, 1.165) is 0 Å². The molecule has 150 valence electrons. The number of amides is 3.